The number of methoxy groups -OCH3 is 3. The third-order valence-corrected chi connectivity index (χ3v) is 11.9. The zero-order chi connectivity index (χ0) is 46.5. The predicted octanol–water partition coefficient (Wildman–Crippen LogP) is 1.68. The number of halogens is 3. The van der Waals surface area contributed by atoms with Crippen molar-refractivity contribution in [3.05, 3.63) is 54.2 Å². The number of carboxylic acids is 2. The number of sulfonamides is 1. The molecular formula is C30H36Cl2FN10O15PS3. The van der Waals surface area contributed by atoms with E-state index in [9.17, 15) is 41.3 Å². The number of urea groups is 1. The topological polar surface area (TPSA) is 347 Å². The summed E-state index contributed by atoms with van der Waals surface area (Å²) >= 11 is 13.8. The molecule has 2 amide bonds. The second kappa shape index (κ2) is 22.8. The summed E-state index contributed by atoms with van der Waals surface area (Å²) in [4.78, 5) is 85.5. The van der Waals surface area contributed by atoms with Gasteiger partial charge in [-0.05, 0) is 36.3 Å². The Bertz CT molecular complexity index is 2580. The van der Waals surface area contributed by atoms with Crippen molar-refractivity contribution < 1.29 is 70.8 Å². The Kier molecular flexibility index (Phi) is 18.8. The maximum absolute atomic E-state index is 14.3. The Labute approximate surface area is 367 Å². The molecule has 0 atom stereocenters. The van der Waals surface area contributed by atoms with E-state index in [0.717, 1.165) is 49.1 Å². The van der Waals surface area contributed by atoms with Gasteiger partial charge in [-0.15, -0.1) is 11.8 Å². The number of thioether (sulfide) groups is 1. The first-order valence-electron chi connectivity index (χ1n) is 16.8. The lowest BCUT2D eigenvalue weighted by molar-refractivity contribution is -0.137. The number of aryl methyl sites for hydroxylation is 1. The number of esters is 1. The zero-order valence-electron chi connectivity index (χ0n) is 32.4. The Morgan fingerprint density at radius 1 is 1.03 bits per heavy atom. The van der Waals surface area contributed by atoms with Crippen LogP contribution < -0.4 is 34.5 Å². The van der Waals surface area contributed by atoms with Crippen molar-refractivity contribution in [1.82, 2.24) is 39.2 Å². The van der Waals surface area contributed by atoms with Crippen LogP contribution >= 0.6 is 53.9 Å². The van der Waals surface area contributed by atoms with Crippen LogP contribution in [0.1, 0.15) is 23.2 Å². The monoisotopic (exact) mass is 992 g/mol. The van der Waals surface area contributed by atoms with Gasteiger partial charge in [0.2, 0.25) is 22.5 Å². The fourth-order valence-electron chi connectivity index (χ4n) is 4.67. The van der Waals surface area contributed by atoms with Crippen molar-refractivity contribution >= 4 is 99.5 Å². The van der Waals surface area contributed by atoms with Crippen LogP contribution in [0, 0.1) is 5.82 Å². The lowest BCUT2D eigenvalue weighted by atomic mass is 10.3. The molecule has 0 aliphatic carbocycles. The average molecular weight is 994 g/mol. The molecular weight excluding hydrogens is 957 g/mol. The molecule has 0 spiro atoms. The molecule has 1 aromatic carbocycles. The van der Waals surface area contributed by atoms with Gasteiger partial charge in [-0.25, -0.2) is 28.4 Å². The van der Waals surface area contributed by atoms with Gasteiger partial charge in [0.05, 0.1) is 51.0 Å². The summed E-state index contributed by atoms with van der Waals surface area (Å²) in [5, 5.41) is 23.6. The molecule has 0 bridgehead atoms. The van der Waals surface area contributed by atoms with E-state index in [1.807, 2.05) is 0 Å². The molecule has 4 aromatic rings. The van der Waals surface area contributed by atoms with E-state index in [-0.39, 0.29) is 39.0 Å². The van der Waals surface area contributed by atoms with Gasteiger partial charge in [0.1, 0.15) is 17.1 Å². The molecule has 25 nitrogen and oxygen atoms in total. The second-order valence-corrected chi connectivity index (χ2v) is 17.6. The SMILES string of the molecule is COC(=O)CSc1cc(N=c2sc(=O)n3n2CCCC3)c(F)cc1Cl.COc1cc(OC)nc(NC(=O)NS(=O)(=O)c2c(C(=O)O)c(Cl)nn2C)n1.O=C(O)CNCP(=O)(O)O. The number of nitrogens with zero attached hydrogens (tertiary/aromatic N) is 7. The molecule has 32 heteroatoms. The third-order valence-electron chi connectivity index (χ3n) is 7.25. The molecule has 0 saturated carbocycles. The van der Waals surface area contributed by atoms with Crippen LogP contribution in [-0.2, 0) is 49.1 Å². The number of amides is 2. The smallest absolute Gasteiger partial charge is 0.341 e. The fraction of sp³-hybridized carbons (Fsp3) is 0.367. The Morgan fingerprint density at radius 2 is 1.65 bits per heavy atom. The molecule has 62 heavy (non-hydrogen) atoms. The highest BCUT2D eigenvalue weighted by molar-refractivity contribution is 8.00. The first kappa shape index (κ1) is 51.2. The second-order valence-electron chi connectivity index (χ2n) is 11.7. The van der Waals surface area contributed by atoms with Crippen molar-refractivity contribution in [2.45, 2.75) is 35.9 Å². The largest absolute Gasteiger partial charge is 0.481 e. The number of aliphatic carboxylic acids is 1. The summed E-state index contributed by atoms with van der Waals surface area (Å²) in [6.45, 7) is 0.885. The molecule has 4 heterocycles. The number of carbonyl (C=O) groups is 4. The molecule has 0 saturated heterocycles. The summed E-state index contributed by atoms with van der Waals surface area (Å²) in [6, 6.07) is 2.71. The first-order valence-corrected chi connectivity index (χ1v) is 22.6. The third kappa shape index (κ3) is 15.0. The number of benzene rings is 1. The Hall–Kier alpha value is -5.13. The van der Waals surface area contributed by atoms with Crippen LogP contribution in [0.5, 0.6) is 11.8 Å². The van der Waals surface area contributed by atoms with Gasteiger partial charge in [0.15, 0.2) is 10.2 Å². The maximum atomic E-state index is 14.3. The van der Waals surface area contributed by atoms with Crippen LogP contribution in [0.2, 0.25) is 10.2 Å². The van der Waals surface area contributed by atoms with Crippen molar-refractivity contribution in [2.75, 3.05) is 45.2 Å². The highest BCUT2D eigenvalue weighted by Gasteiger charge is 2.32. The number of fused-ring (bicyclic) bond motifs is 1. The standard InChI is InChI=1S/C15H15ClFN3O3S2.C12H13ClN6O7S.C3H8NO5P/c1-23-13(21)8-24-12-7-11(10(17)6-9(12)16)18-14-19-4-2-3-5-20(19)15(22)25-14;1-19-9(7(10(20)21)8(13)17-19)27(23,24)18-12(22)16-11-14-5(25-2)4-6(15-11)26-3;5-3(6)1-4-2-10(7,8)9/h6-7H,2-5,8H2,1H3;4H,1-3H3,(H,20,21)(H2,14,15,16,18,22);4H,1-2H2,(H,5,6)(H2,7,8,9). The summed E-state index contributed by atoms with van der Waals surface area (Å²) in [6.07, 6.45) is 1.30. The number of hydrogen-bond acceptors (Lipinski definition) is 18. The maximum Gasteiger partial charge on any atom is 0.341 e. The summed E-state index contributed by atoms with van der Waals surface area (Å²) in [5.74, 6) is -3.92. The summed E-state index contributed by atoms with van der Waals surface area (Å²) in [7, 11) is -3.66. The molecule has 3 aromatic heterocycles. The number of carbonyl (C=O) groups excluding carboxylic acids is 2. The van der Waals surface area contributed by atoms with Crippen molar-refractivity contribution in [1.29, 1.82) is 0 Å². The molecule has 0 radical (unpaired) electrons. The van der Waals surface area contributed by atoms with Gasteiger partial charge < -0.3 is 34.2 Å². The highest BCUT2D eigenvalue weighted by atomic mass is 35.5. The Morgan fingerprint density at radius 3 is 2.19 bits per heavy atom. The number of carboxylic acid groups (broad SMARTS) is 2. The van der Waals surface area contributed by atoms with Crippen LogP contribution in [-0.4, -0.2) is 121 Å². The van der Waals surface area contributed by atoms with Gasteiger partial charge in [-0.1, -0.05) is 23.2 Å². The number of nitrogens with one attached hydrogen (secondary N) is 3. The molecule has 7 N–H and O–H groups in total. The van der Waals surface area contributed by atoms with E-state index in [1.54, 1.807) is 14.1 Å². The minimum atomic E-state index is -4.64. The van der Waals surface area contributed by atoms with Gasteiger partial charge in [-0.3, -0.25) is 38.9 Å². The predicted molar refractivity (Wildman–Crippen MR) is 217 cm³/mol. The normalized spacial score (nSPS) is 12.4. The van der Waals surface area contributed by atoms with Gasteiger partial charge >= 0.3 is 36.4 Å². The average Bonchev–Trinajstić information content (AvgIpc) is 3.68. The Balaban J connectivity index is 0.000000272. The van der Waals surface area contributed by atoms with E-state index in [1.165, 1.54) is 33.5 Å². The van der Waals surface area contributed by atoms with Crippen molar-refractivity contribution in [2.24, 2.45) is 12.0 Å². The molecule has 0 fully saturated rings. The van der Waals surface area contributed by atoms with E-state index in [0.29, 0.717) is 27.5 Å². The first-order chi connectivity index (χ1) is 29.0. The molecule has 1 aliphatic rings. The summed E-state index contributed by atoms with van der Waals surface area (Å²) in [5.41, 5.74) is -0.696. The molecule has 1 aliphatic heterocycles. The number of ether oxygens (including phenoxy) is 3. The quantitative estimate of drug-likeness (QED) is 0.0537. The van der Waals surface area contributed by atoms with E-state index < -0.39 is 75.9 Å². The van der Waals surface area contributed by atoms with Gasteiger partial charge in [0.25, 0.3) is 10.0 Å². The number of hydrogen-bond donors (Lipinski definition) is 7. The van der Waals surface area contributed by atoms with Crippen molar-refractivity contribution in [3.63, 3.8) is 0 Å². The number of aromatic carboxylic acids is 1. The minimum Gasteiger partial charge on any atom is -0.481 e. The number of rotatable bonds is 14. The minimum absolute atomic E-state index is 0.0478. The molecule has 0 unspecified atom stereocenters. The van der Waals surface area contributed by atoms with Crippen LogP contribution in [0.25, 0.3) is 0 Å². The van der Waals surface area contributed by atoms with E-state index in [4.69, 9.17) is 52.7 Å². The zero-order valence-corrected chi connectivity index (χ0v) is 37.3. The molecule has 5 rings (SSSR count). The lowest BCUT2D eigenvalue weighted by Gasteiger charge is -2.15. The highest BCUT2D eigenvalue weighted by Crippen LogP contribution is 2.33. The van der Waals surface area contributed by atoms with Crippen LogP contribution in [0.15, 0.2) is 37.9 Å². The van der Waals surface area contributed by atoms with E-state index >= 15 is 0 Å². The van der Waals surface area contributed by atoms with Gasteiger partial charge in [0, 0.05) is 25.0 Å². The number of aromatic nitrogens is 6. The van der Waals surface area contributed by atoms with Crippen molar-refractivity contribution in [3.8, 4) is 11.8 Å². The fourth-order valence-corrected chi connectivity index (χ4v) is 8.63. The number of anilines is 1. The van der Waals surface area contributed by atoms with Crippen LogP contribution in [0.3, 0.4) is 0 Å². The van der Waals surface area contributed by atoms with Gasteiger partial charge in [-0.2, -0.15) is 23.5 Å². The lowest BCUT2D eigenvalue weighted by Crippen LogP contribution is -2.36. The summed E-state index contributed by atoms with van der Waals surface area (Å²) < 4.78 is 69.2. The van der Waals surface area contributed by atoms with Crippen LogP contribution in [0.4, 0.5) is 20.8 Å². The molecule has 340 valence electrons. The van der Waals surface area contributed by atoms with E-state index in [2.05, 4.69) is 35.4 Å².